The van der Waals surface area contributed by atoms with Gasteiger partial charge in [0, 0.05) is 16.6 Å². The van der Waals surface area contributed by atoms with Crippen LogP contribution in [0.1, 0.15) is 21.5 Å². The molecule has 0 heterocycles. The van der Waals surface area contributed by atoms with Gasteiger partial charge in [-0.05, 0) is 29.8 Å². The van der Waals surface area contributed by atoms with Gasteiger partial charge in [0.15, 0.2) is 0 Å². The first-order chi connectivity index (χ1) is 10.3. The number of halogens is 5. The van der Waals surface area contributed by atoms with Gasteiger partial charge in [-0.2, -0.15) is 13.2 Å². The van der Waals surface area contributed by atoms with Crippen molar-refractivity contribution in [3.8, 4) is 0 Å². The first kappa shape index (κ1) is 16.6. The van der Waals surface area contributed by atoms with Gasteiger partial charge < -0.3 is 5.32 Å². The van der Waals surface area contributed by atoms with Crippen LogP contribution < -0.4 is 5.32 Å². The summed E-state index contributed by atoms with van der Waals surface area (Å²) in [7, 11) is 0. The van der Waals surface area contributed by atoms with Crippen molar-refractivity contribution in [2.45, 2.75) is 12.7 Å². The lowest BCUT2D eigenvalue weighted by Crippen LogP contribution is -2.26. The number of nitrogens with one attached hydrogen (secondary N) is 1. The van der Waals surface area contributed by atoms with E-state index in [1.165, 1.54) is 18.2 Å². The molecule has 1 amide bonds. The molecule has 0 atom stereocenters. The van der Waals surface area contributed by atoms with Crippen LogP contribution in [0.15, 0.2) is 42.5 Å². The quantitative estimate of drug-likeness (QED) is 0.836. The molecule has 0 saturated carbocycles. The van der Waals surface area contributed by atoms with Crippen LogP contribution in [0.4, 0.5) is 13.2 Å². The summed E-state index contributed by atoms with van der Waals surface area (Å²) in [6.07, 6.45) is -4.59. The number of benzene rings is 2. The Labute approximate surface area is 134 Å². The number of rotatable bonds is 3. The smallest absolute Gasteiger partial charge is 0.348 e. The van der Waals surface area contributed by atoms with Crippen LogP contribution in [0.5, 0.6) is 0 Å². The van der Waals surface area contributed by atoms with E-state index in [1.54, 1.807) is 12.1 Å². The Kier molecular flexibility index (Phi) is 4.98. The maximum atomic E-state index is 12.9. The molecule has 0 aliphatic rings. The highest BCUT2D eigenvalue weighted by Gasteiger charge is 2.34. The highest BCUT2D eigenvalue weighted by molar-refractivity contribution is 6.35. The molecule has 2 rings (SSSR count). The summed E-state index contributed by atoms with van der Waals surface area (Å²) < 4.78 is 38.6. The molecule has 0 bridgehead atoms. The average Bonchev–Trinajstić information content (AvgIpc) is 2.45. The minimum Gasteiger partial charge on any atom is -0.348 e. The summed E-state index contributed by atoms with van der Waals surface area (Å²) in [5, 5.41) is 3.18. The largest absolute Gasteiger partial charge is 0.417 e. The van der Waals surface area contributed by atoms with Gasteiger partial charge in [-0.1, -0.05) is 41.4 Å². The molecule has 0 aliphatic carbocycles. The van der Waals surface area contributed by atoms with E-state index in [4.69, 9.17) is 23.2 Å². The first-order valence-electron chi connectivity index (χ1n) is 6.17. The summed E-state index contributed by atoms with van der Waals surface area (Å²) in [6.45, 7) is 0.00102. The van der Waals surface area contributed by atoms with Crippen molar-refractivity contribution in [2.75, 3.05) is 0 Å². The van der Waals surface area contributed by atoms with Crippen molar-refractivity contribution in [1.82, 2.24) is 5.32 Å². The molecule has 0 fully saturated rings. The molecule has 7 heteroatoms. The highest BCUT2D eigenvalue weighted by Crippen LogP contribution is 2.31. The third-order valence-electron chi connectivity index (χ3n) is 2.93. The molecular weight excluding hydrogens is 338 g/mol. The second kappa shape index (κ2) is 6.58. The summed E-state index contributed by atoms with van der Waals surface area (Å²) in [6, 6.07) is 9.27. The van der Waals surface area contributed by atoms with Crippen molar-refractivity contribution >= 4 is 29.1 Å². The van der Waals surface area contributed by atoms with E-state index < -0.39 is 23.2 Å². The lowest BCUT2D eigenvalue weighted by molar-refractivity contribution is -0.137. The van der Waals surface area contributed by atoms with E-state index in [9.17, 15) is 18.0 Å². The SMILES string of the molecule is O=C(NCc1ccc(Cl)cc1Cl)c1ccccc1C(F)(F)F. The monoisotopic (exact) mass is 347 g/mol. The van der Waals surface area contributed by atoms with Crippen LogP contribution in [0.2, 0.25) is 10.0 Å². The van der Waals surface area contributed by atoms with E-state index in [2.05, 4.69) is 5.32 Å². The zero-order valence-electron chi connectivity index (χ0n) is 11.0. The molecule has 1 N–H and O–H groups in total. The Balaban J connectivity index is 2.17. The van der Waals surface area contributed by atoms with Gasteiger partial charge in [-0.25, -0.2) is 0 Å². The molecule has 2 aromatic carbocycles. The molecule has 0 radical (unpaired) electrons. The van der Waals surface area contributed by atoms with Crippen LogP contribution in [0.3, 0.4) is 0 Å². The first-order valence-corrected chi connectivity index (χ1v) is 6.93. The molecule has 116 valence electrons. The predicted molar refractivity (Wildman–Crippen MR) is 79.1 cm³/mol. The summed E-state index contributed by atoms with van der Waals surface area (Å²) in [5.41, 5.74) is -0.848. The minimum absolute atomic E-state index is 0.00102. The zero-order chi connectivity index (χ0) is 16.3. The van der Waals surface area contributed by atoms with Crippen LogP contribution in [0.25, 0.3) is 0 Å². The van der Waals surface area contributed by atoms with Gasteiger partial charge in [0.25, 0.3) is 5.91 Å². The molecule has 2 nitrogen and oxygen atoms in total. The maximum Gasteiger partial charge on any atom is 0.417 e. The fraction of sp³-hybridized carbons (Fsp3) is 0.133. The van der Waals surface area contributed by atoms with Gasteiger partial charge in [0.05, 0.1) is 11.1 Å². The van der Waals surface area contributed by atoms with Gasteiger partial charge in [-0.3, -0.25) is 4.79 Å². The zero-order valence-corrected chi connectivity index (χ0v) is 12.6. The number of carbonyl (C=O) groups excluding carboxylic acids is 1. The van der Waals surface area contributed by atoms with Crippen molar-refractivity contribution < 1.29 is 18.0 Å². The molecule has 0 unspecified atom stereocenters. The van der Waals surface area contributed by atoms with Crippen LogP contribution in [0, 0.1) is 0 Å². The molecule has 0 spiro atoms. The minimum atomic E-state index is -4.59. The van der Waals surface area contributed by atoms with Crippen molar-refractivity contribution in [3.05, 3.63) is 69.2 Å². The van der Waals surface area contributed by atoms with Crippen LogP contribution in [-0.4, -0.2) is 5.91 Å². The average molecular weight is 348 g/mol. The molecule has 22 heavy (non-hydrogen) atoms. The number of amides is 1. The standard InChI is InChI=1S/C15H10Cl2F3NO/c16-10-6-5-9(13(17)7-10)8-21-14(22)11-3-1-2-4-12(11)15(18,19)20/h1-7H,8H2,(H,21,22). The van der Waals surface area contributed by atoms with E-state index >= 15 is 0 Å². The molecule has 0 saturated heterocycles. The molecule has 0 aliphatic heterocycles. The lowest BCUT2D eigenvalue weighted by Gasteiger charge is -2.13. The Hall–Kier alpha value is -1.72. The Morgan fingerprint density at radius 2 is 1.77 bits per heavy atom. The van der Waals surface area contributed by atoms with Crippen molar-refractivity contribution in [1.29, 1.82) is 0 Å². The van der Waals surface area contributed by atoms with E-state index in [0.717, 1.165) is 12.1 Å². The Bertz CT molecular complexity index is 701. The summed E-state index contributed by atoms with van der Waals surface area (Å²) in [5.74, 6) is -0.820. The fourth-order valence-electron chi connectivity index (χ4n) is 1.86. The van der Waals surface area contributed by atoms with E-state index in [-0.39, 0.29) is 6.54 Å². The summed E-state index contributed by atoms with van der Waals surface area (Å²) in [4.78, 5) is 12.0. The van der Waals surface area contributed by atoms with Gasteiger partial charge in [0.2, 0.25) is 0 Å². The Morgan fingerprint density at radius 3 is 2.41 bits per heavy atom. The topological polar surface area (TPSA) is 29.1 Å². The second-order valence-corrected chi connectivity index (χ2v) is 5.31. The maximum absolute atomic E-state index is 12.9. The third kappa shape index (κ3) is 3.93. The van der Waals surface area contributed by atoms with Gasteiger partial charge in [-0.15, -0.1) is 0 Å². The Morgan fingerprint density at radius 1 is 1.09 bits per heavy atom. The fourth-order valence-corrected chi connectivity index (χ4v) is 2.34. The van der Waals surface area contributed by atoms with Gasteiger partial charge in [0.1, 0.15) is 0 Å². The third-order valence-corrected chi connectivity index (χ3v) is 3.52. The van der Waals surface area contributed by atoms with E-state index in [1.807, 2.05) is 0 Å². The van der Waals surface area contributed by atoms with Crippen LogP contribution >= 0.6 is 23.2 Å². The van der Waals surface area contributed by atoms with Crippen LogP contribution in [-0.2, 0) is 12.7 Å². The number of alkyl halides is 3. The van der Waals surface area contributed by atoms with Crippen molar-refractivity contribution in [3.63, 3.8) is 0 Å². The van der Waals surface area contributed by atoms with Gasteiger partial charge >= 0.3 is 6.18 Å². The summed E-state index contributed by atoms with van der Waals surface area (Å²) >= 11 is 11.7. The number of carbonyl (C=O) groups is 1. The molecular formula is C15H10Cl2F3NO. The molecule has 0 aromatic heterocycles. The molecule has 2 aromatic rings. The second-order valence-electron chi connectivity index (χ2n) is 4.46. The van der Waals surface area contributed by atoms with E-state index in [0.29, 0.717) is 15.6 Å². The number of hydrogen-bond donors (Lipinski definition) is 1. The normalized spacial score (nSPS) is 11.3. The predicted octanol–water partition coefficient (Wildman–Crippen LogP) is 4.94. The van der Waals surface area contributed by atoms with Crippen molar-refractivity contribution in [2.24, 2.45) is 0 Å². The number of hydrogen-bond acceptors (Lipinski definition) is 1. The lowest BCUT2D eigenvalue weighted by atomic mass is 10.1. The highest BCUT2D eigenvalue weighted by atomic mass is 35.5.